The molecule has 0 spiro atoms. The largest absolute Gasteiger partial charge is 0.497 e. The van der Waals surface area contributed by atoms with Crippen molar-refractivity contribution in [1.82, 2.24) is 0 Å². The summed E-state index contributed by atoms with van der Waals surface area (Å²) < 4.78 is 43.4. The van der Waals surface area contributed by atoms with Gasteiger partial charge in [-0.15, -0.1) is 0 Å². The van der Waals surface area contributed by atoms with Crippen molar-refractivity contribution >= 4 is 5.78 Å². The van der Waals surface area contributed by atoms with Gasteiger partial charge in [-0.05, 0) is 37.0 Å². The lowest BCUT2D eigenvalue weighted by molar-refractivity contribution is -0.186. The van der Waals surface area contributed by atoms with E-state index in [1.165, 1.54) is 7.11 Å². The van der Waals surface area contributed by atoms with Crippen molar-refractivity contribution in [2.75, 3.05) is 7.11 Å². The summed E-state index contributed by atoms with van der Waals surface area (Å²) in [6.07, 6.45) is -2.89. The van der Waals surface area contributed by atoms with Crippen molar-refractivity contribution in [2.24, 2.45) is 11.8 Å². The van der Waals surface area contributed by atoms with Crippen molar-refractivity contribution in [1.29, 1.82) is 0 Å². The average molecular weight is 300 g/mol. The molecule has 116 valence electrons. The van der Waals surface area contributed by atoms with Gasteiger partial charge in [0, 0.05) is 12.3 Å². The first-order chi connectivity index (χ1) is 9.90. The molecule has 0 aliphatic heterocycles. The summed E-state index contributed by atoms with van der Waals surface area (Å²) in [5.41, 5.74) is 0.786. The summed E-state index contributed by atoms with van der Waals surface area (Å²) in [6, 6.07) is 7.10. The number of methoxy groups -OCH3 is 1. The highest BCUT2D eigenvalue weighted by atomic mass is 19.4. The van der Waals surface area contributed by atoms with Crippen LogP contribution in [0.2, 0.25) is 0 Å². The Morgan fingerprint density at radius 3 is 2.76 bits per heavy atom. The van der Waals surface area contributed by atoms with E-state index < -0.39 is 18.0 Å². The monoisotopic (exact) mass is 300 g/mol. The summed E-state index contributed by atoms with van der Waals surface area (Å²) >= 11 is 0. The number of carbonyl (C=O) groups is 1. The molecule has 2 nitrogen and oxygen atoms in total. The molecule has 0 radical (unpaired) electrons. The highest BCUT2D eigenvalue weighted by Gasteiger charge is 2.43. The number of carbonyl (C=O) groups excluding carboxylic acids is 1. The zero-order chi connectivity index (χ0) is 15.5. The number of ether oxygens (including phenoxy) is 1. The van der Waals surface area contributed by atoms with E-state index in [4.69, 9.17) is 4.74 Å². The second-order valence-corrected chi connectivity index (χ2v) is 5.60. The number of Topliss-reactive ketones (excluding diaryl/α,β-unsaturated/α-hetero) is 1. The molecule has 0 bridgehead atoms. The molecule has 2 unspecified atom stereocenters. The highest BCUT2D eigenvalue weighted by Crippen LogP contribution is 2.40. The molecule has 0 aromatic heterocycles. The number of benzene rings is 1. The third-order valence-electron chi connectivity index (χ3n) is 4.10. The number of hydrogen-bond acceptors (Lipinski definition) is 2. The molecular formula is C16H19F3O2. The number of ketones is 1. The van der Waals surface area contributed by atoms with Crippen LogP contribution in [0.3, 0.4) is 0 Å². The molecule has 0 saturated heterocycles. The predicted molar refractivity (Wildman–Crippen MR) is 73.2 cm³/mol. The molecule has 21 heavy (non-hydrogen) atoms. The Morgan fingerprint density at radius 2 is 2.10 bits per heavy atom. The Bertz CT molecular complexity index is 497. The fourth-order valence-corrected chi connectivity index (χ4v) is 2.91. The maximum absolute atomic E-state index is 12.8. The first kappa shape index (κ1) is 15.9. The Hall–Kier alpha value is -1.52. The lowest BCUT2D eigenvalue weighted by atomic mass is 9.78. The van der Waals surface area contributed by atoms with Gasteiger partial charge in [-0.2, -0.15) is 13.2 Å². The van der Waals surface area contributed by atoms with Gasteiger partial charge >= 0.3 is 6.18 Å². The first-order valence-electron chi connectivity index (χ1n) is 7.12. The smallest absolute Gasteiger partial charge is 0.391 e. The van der Waals surface area contributed by atoms with Gasteiger partial charge in [0.2, 0.25) is 0 Å². The fraction of sp³-hybridized carbons (Fsp3) is 0.562. The van der Waals surface area contributed by atoms with Crippen molar-refractivity contribution in [2.45, 2.75) is 38.3 Å². The molecule has 1 saturated carbocycles. The van der Waals surface area contributed by atoms with Gasteiger partial charge in [0.1, 0.15) is 11.5 Å². The number of rotatable bonds is 4. The second kappa shape index (κ2) is 6.50. The molecule has 0 N–H and O–H groups in total. The highest BCUT2D eigenvalue weighted by molar-refractivity contribution is 5.83. The minimum atomic E-state index is -4.19. The minimum absolute atomic E-state index is 0.0632. The quantitative estimate of drug-likeness (QED) is 0.834. The molecule has 1 aromatic rings. The molecule has 1 fully saturated rings. The zero-order valence-corrected chi connectivity index (χ0v) is 12.0. The van der Waals surface area contributed by atoms with E-state index in [-0.39, 0.29) is 25.0 Å². The van der Waals surface area contributed by atoms with Crippen molar-refractivity contribution in [3.63, 3.8) is 0 Å². The molecule has 0 heterocycles. The maximum atomic E-state index is 12.8. The van der Waals surface area contributed by atoms with Crippen LogP contribution in [-0.4, -0.2) is 19.1 Å². The van der Waals surface area contributed by atoms with Crippen LogP contribution >= 0.6 is 0 Å². The molecular weight excluding hydrogens is 281 g/mol. The van der Waals surface area contributed by atoms with Crippen LogP contribution in [0.4, 0.5) is 13.2 Å². The van der Waals surface area contributed by atoms with E-state index in [1.54, 1.807) is 24.3 Å². The zero-order valence-electron chi connectivity index (χ0n) is 12.0. The van der Waals surface area contributed by atoms with E-state index in [1.807, 2.05) is 0 Å². The second-order valence-electron chi connectivity index (χ2n) is 5.60. The molecule has 1 aliphatic carbocycles. The molecule has 1 aromatic carbocycles. The number of halogens is 3. The van der Waals surface area contributed by atoms with Gasteiger partial charge in [-0.1, -0.05) is 18.6 Å². The number of hydrogen-bond donors (Lipinski definition) is 0. The van der Waals surface area contributed by atoms with Crippen LogP contribution in [0.1, 0.15) is 31.2 Å². The van der Waals surface area contributed by atoms with E-state index in [2.05, 4.69) is 0 Å². The maximum Gasteiger partial charge on any atom is 0.391 e. The summed E-state index contributed by atoms with van der Waals surface area (Å²) in [4.78, 5) is 12.2. The molecule has 0 amide bonds. The topological polar surface area (TPSA) is 26.3 Å². The van der Waals surface area contributed by atoms with Gasteiger partial charge < -0.3 is 4.74 Å². The predicted octanol–water partition coefficient (Wildman–Crippen LogP) is 4.18. The lowest BCUT2D eigenvalue weighted by Crippen LogP contribution is -2.32. The van der Waals surface area contributed by atoms with E-state index >= 15 is 0 Å². The van der Waals surface area contributed by atoms with Gasteiger partial charge in [0.25, 0.3) is 0 Å². The molecule has 2 rings (SSSR count). The first-order valence-corrected chi connectivity index (χ1v) is 7.12. The summed E-state index contributed by atoms with van der Waals surface area (Å²) in [5, 5.41) is 0. The Balaban J connectivity index is 1.99. The standard InChI is InChI=1S/C16H19F3O2/c1-21-14-7-2-4-11(8-14)9-15(20)12-5-3-6-13(10-12)16(17,18)19/h2,4,7-8,12-13H,3,5-6,9-10H2,1H3. The van der Waals surface area contributed by atoms with Crippen LogP contribution < -0.4 is 4.74 Å². The molecule has 2 atom stereocenters. The Labute approximate surface area is 122 Å². The van der Waals surface area contributed by atoms with Gasteiger partial charge in [-0.3, -0.25) is 4.79 Å². The fourth-order valence-electron chi connectivity index (χ4n) is 2.91. The minimum Gasteiger partial charge on any atom is -0.497 e. The van der Waals surface area contributed by atoms with Gasteiger partial charge in [0.05, 0.1) is 13.0 Å². The lowest BCUT2D eigenvalue weighted by Gasteiger charge is -2.29. The van der Waals surface area contributed by atoms with E-state index in [0.717, 1.165) is 5.56 Å². The van der Waals surface area contributed by atoms with Crippen LogP contribution in [-0.2, 0) is 11.2 Å². The summed E-state index contributed by atoms with van der Waals surface area (Å²) in [5.74, 6) is -1.25. The van der Waals surface area contributed by atoms with Gasteiger partial charge in [-0.25, -0.2) is 0 Å². The van der Waals surface area contributed by atoms with Gasteiger partial charge in [0.15, 0.2) is 0 Å². The molecule has 1 aliphatic rings. The van der Waals surface area contributed by atoms with Crippen LogP contribution in [0.5, 0.6) is 5.75 Å². The third-order valence-corrected chi connectivity index (χ3v) is 4.10. The summed E-state index contributed by atoms with van der Waals surface area (Å²) in [6.45, 7) is 0. The van der Waals surface area contributed by atoms with E-state index in [0.29, 0.717) is 18.6 Å². The Kier molecular flexibility index (Phi) is 4.91. The van der Waals surface area contributed by atoms with Crippen LogP contribution in [0, 0.1) is 11.8 Å². The average Bonchev–Trinajstić information content (AvgIpc) is 2.46. The summed E-state index contributed by atoms with van der Waals surface area (Å²) in [7, 11) is 1.54. The number of alkyl halides is 3. The van der Waals surface area contributed by atoms with E-state index in [9.17, 15) is 18.0 Å². The van der Waals surface area contributed by atoms with Crippen molar-refractivity contribution < 1.29 is 22.7 Å². The SMILES string of the molecule is COc1cccc(CC(=O)C2CCCC(C(F)(F)F)C2)c1. The third kappa shape index (κ3) is 4.22. The van der Waals surface area contributed by atoms with Crippen molar-refractivity contribution in [3.8, 4) is 5.75 Å². The normalized spacial score (nSPS) is 22.9. The Morgan fingerprint density at radius 1 is 1.33 bits per heavy atom. The molecule has 5 heteroatoms. The van der Waals surface area contributed by atoms with Crippen LogP contribution in [0.15, 0.2) is 24.3 Å². The van der Waals surface area contributed by atoms with Crippen molar-refractivity contribution in [3.05, 3.63) is 29.8 Å². The van der Waals surface area contributed by atoms with Crippen LogP contribution in [0.25, 0.3) is 0 Å².